The number of nitrogens with one attached hydrogen (secondary N) is 1. The van der Waals surface area contributed by atoms with Gasteiger partial charge in [-0.3, -0.25) is 0 Å². The minimum absolute atomic E-state index is 0.0557. The molecule has 0 aromatic carbocycles. The molecule has 0 atom stereocenters. The van der Waals surface area contributed by atoms with Crippen LogP contribution in [0.15, 0.2) is 0 Å². The molecule has 0 saturated carbocycles. The lowest BCUT2D eigenvalue weighted by molar-refractivity contribution is -0.0825. The van der Waals surface area contributed by atoms with Crippen LogP contribution in [0.4, 0.5) is 0 Å². The van der Waals surface area contributed by atoms with Gasteiger partial charge >= 0.3 is 0 Å². The minimum atomic E-state index is 0.0557. The first-order chi connectivity index (χ1) is 8.33. The Morgan fingerprint density at radius 2 is 1.82 bits per heavy atom. The van der Waals surface area contributed by atoms with Crippen LogP contribution in [0.2, 0.25) is 0 Å². The van der Waals surface area contributed by atoms with Gasteiger partial charge in [-0.15, -0.1) is 0 Å². The van der Waals surface area contributed by atoms with Gasteiger partial charge in [0.15, 0.2) is 0 Å². The lowest BCUT2D eigenvalue weighted by atomic mass is 9.86. The molecule has 0 aromatic heterocycles. The van der Waals surface area contributed by atoms with Crippen LogP contribution >= 0.6 is 0 Å². The summed E-state index contributed by atoms with van der Waals surface area (Å²) in [5, 5.41) is 12.3. The van der Waals surface area contributed by atoms with Crippen LogP contribution in [-0.4, -0.2) is 37.0 Å². The molecule has 3 nitrogen and oxygen atoms in total. The van der Waals surface area contributed by atoms with E-state index < -0.39 is 0 Å². The van der Waals surface area contributed by atoms with Crippen molar-refractivity contribution in [3.8, 4) is 0 Å². The molecule has 0 radical (unpaired) electrons. The number of ether oxygens (including phenoxy) is 1. The van der Waals surface area contributed by atoms with Crippen molar-refractivity contribution >= 4 is 0 Å². The standard InChI is InChI=1S/C14H29NO2/c1-2-3-4-5-6-7-14(17-13-12-16)8-10-15-11-9-14/h15-16H,2-13H2,1H3. The fraction of sp³-hybridized carbons (Fsp3) is 1.00. The first-order valence-electron chi connectivity index (χ1n) is 7.28. The van der Waals surface area contributed by atoms with Crippen LogP contribution in [0.5, 0.6) is 0 Å². The van der Waals surface area contributed by atoms with E-state index in [2.05, 4.69) is 12.2 Å². The fourth-order valence-corrected chi connectivity index (χ4v) is 2.66. The van der Waals surface area contributed by atoms with E-state index in [-0.39, 0.29) is 12.2 Å². The van der Waals surface area contributed by atoms with E-state index in [1.807, 2.05) is 0 Å². The van der Waals surface area contributed by atoms with Gasteiger partial charge in [0, 0.05) is 0 Å². The predicted octanol–water partition coefficient (Wildman–Crippen LogP) is 2.48. The highest BCUT2D eigenvalue weighted by Crippen LogP contribution is 2.29. The number of aliphatic hydroxyl groups is 1. The predicted molar refractivity (Wildman–Crippen MR) is 71.2 cm³/mol. The molecule has 1 rings (SSSR count). The summed E-state index contributed by atoms with van der Waals surface area (Å²) in [7, 11) is 0. The summed E-state index contributed by atoms with van der Waals surface area (Å²) < 4.78 is 5.94. The van der Waals surface area contributed by atoms with Crippen molar-refractivity contribution in [2.75, 3.05) is 26.3 Å². The van der Waals surface area contributed by atoms with Gasteiger partial charge in [0.2, 0.25) is 0 Å². The quantitative estimate of drug-likeness (QED) is 0.611. The molecule has 0 aromatic rings. The lowest BCUT2D eigenvalue weighted by Gasteiger charge is -2.37. The molecule has 1 aliphatic heterocycles. The highest BCUT2D eigenvalue weighted by Gasteiger charge is 2.31. The minimum Gasteiger partial charge on any atom is -0.394 e. The Balaban J connectivity index is 2.24. The number of hydrogen-bond acceptors (Lipinski definition) is 3. The Bertz CT molecular complexity index is 179. The van der Waals surface area contributed by atoms with E-state index in [9.17, 15) is 0 Å². The molecule has 2 N–H and O–H groups in total. The summed E-state index contributed by atoms with van der Waals surface area (Å²) in [6.07, 6.45) is 9.96. The Morgan fingerprint density at radius 1 is 1.12 bits per heavy atom. The average molecular weight is 243 g/mol. The van der Waals surface area contributed by atoms with Gasteiger partial charge in [-0.05, 0) is 32.4 Å². The largest absolute Gasteiger partial charge is 0.394 e. The summed E-state index contributed by atoms with van der Waals surface area (Å²) in [4.78, 5) is 0. The first kappa shape index (κ1) is 14.9. The topological polar surface area (TPSA) is 41.5 Å². The molecular weight excluding hydrogens is 214 g/mol. The molecule has 0 bridgehead atoms. The fourth-order valence-electron chi connectivity index (χ4n) is 2.66. The van der Waals surface area contributed by atoms with Crippen molar-refractivity contribution in [1.82, 2.24) is 5.32 Å². The molecule has 1 heterocycles. The summed E-state index contributed by atoms with van der Waals surface area (Å²) in [5.74, 6) is 0. The first-order valence-corrected chi connectivity index (χ1v) is 7.28. The molecule has 1 fully saturated rings. The maximum atomic E-state index is 8.91. The van der Waals surface area contributed by atoms with E-state index >= 15 is 0 Å². The van der Waals surface area contributed by atoms with E-state index in [4.69, 9.17) is 9.84 Å². The number of hydrogen-bond donors (Lipinski definition) is 2. The molecule has 0 spiro atoms. The zero-order chi connectivity index (χ0) is 12.4. The lowest BCUT2D eigenvalue weighted by Crippen LogP contribution is -2.44. The zero-order valence-electron chi connectivity index (χ0n) is 11.3. The maximum absolute atomic E-state index is 8.91. The molecule has 0 unspecified atom stereocenters. The molecule has 3 heteroatoms. The highest BCUT2D eigenvalue weighted by molar-refractivity contribution is 4.86. The van der Waals surface area contributed by atoms with Crippen LogP contribution in [0, 0.1) is 0 Å². The van der Waals surface area contributed by atoms with Crippen LogP contribution in [0.1, 0.15) is 58.3 Å². The normalized spacial score (nSPS) is 19.4. The second-order valence-corrected chi connectivity index (χ2v) is 5.17. The van der Waals surface area contributed by atoms with E-state index in [1.165, 1.54) is 38.5 Å². The third kappa shape index (κ3) is 5.84. The van der Waals surface area contributed by atoms with Gasteiger partial charge in [0.05, 0.1) is 18.8 Å². The molecule has 102 valence electrons. The second kappa shape index (κ2) is 8.90. The van der Waals surface area contributed by atoms with Gasteiger partial charge in [-0.1, -0.05) is 39.0 Å². The van der Waals surface area contributed by atoms with E-state index in [0.717, 1.165) is 25.9 Å². The third-order valence-electron chi connectivity index (χ3n) is 3.75. The number of aliphatic hydroxyl groups excluding tert-OH is 1. The van der Waals surface area contributed by atoms with Gasteiger partial charge in [-0.2, -0.15) is 0 Å². The Kier molecular flexibility index (Phi) is 7.82. The summed E-state index contributed by atoms with van der Waals surface area (Å²) in [6, 6.07) is 0. The molecule has 1 aliphatic rings. The Hall–Kier alpha value is -0.120. The molecular formula is C14H29NO2. The van der Waals surface area contributed by atoms with Crippen LogP contribution in [0.3, 0.4) is 0 Å². The smallest absolute Gasteiger partial charge is 0.0707 e. The number of piperidine rings is 1. The van der Waals surface area contributed by atoms with Crippen molar-refractivity contribution in [3.63, 3.8) is 0 Å². The van der Waals surface area contributed by atoms with Crippen LogP contribution in [-0.2, 0) is 4.74 Å². The number of unbranched alkanes of at least 4 members (excludes halogenated alkanes) is 4. The van der Waals surface area contributed by atoms with Crippen molar-refractivity contribution in [1.29, 1.82) is 0 Å². The van der Waals surface area contributed by atoms with Crippen molar-refractivity contribution in [2.24, 2.45) is 0 Å². The molecule has 0 amide bonds. The second-order valence-electron chi connectivity index (χ2n) is 5.17. The van der Waals surface area contributed by atoms with Crippen molar-refractivity contribution in [3.05, 3.63) is 0 Å². The number of rotatable bonds is 9. The molecule has 1 saturated heterocycles. The van der Waals surface area contributed by atoms with Crippen molar-refractivity contribution in [2.45, 2.75) is 63.9 Å². The van der Waals surface area contributed by atoms with Crippen LogP contribution < -0.4 is 5.32 Å². The van der Waals surface area contributed by atoms with Gasteiger partial charge in [-0.25, -0.2) is 0 Å². The molecule has 17 heavy (non-hydrogen) atoms. The Labute approximate surface area is 106 Å². The maximum Gasteiger partial charge on any atom is 0.0707 e. The van der Waals surface area contributed by atoms with E-state index in [1.54, 1.807) is 0 Å². The molecule has 0 aliphatic carbocycles. The SMILES string of the molecule is CCCCCCCC1(OCCO)CCNCC1. The summed E-state index contributed by atoms with van der Waals surface area (Å²) in [5.41, 5.74) is 0.0557. The van der Waals surface area contributed by atoms with Gasteiger partial charge < -0.3 is 15.2 Å². The monoisotopic (exact) mass is 243 g/mol. The third-order valence-corrected chi connectivity index (χ3v) is 3.75. The summed E-state index contributed by atoms with van der Waals surface area (Å²) >= 11 is 0. The van der Waals surface area contributed by atoms with Crippen LogP contribution in [0.25, 0.3) is 0 Å². The van der Waals surface area contributed by atoms with E-state index in [0.29, 0.717) is 6.61 Å². The summed E-state index contributed by atoms with van der Waals surface area (Å²) in [6.45, 7) is 5.00. The van der Waals surface area contributed by atoms with Crippen molar-refractivity contribution < 1.29 is 9.84 Å². The van der Waals surface area contributed by atoms with Gasteiger partial charge in [0.1, 0.15) is 0 Å². The zero-order valence-corrected chi connectivity index (χ0v) is 11.3. The van der Waals surface area contributed by atoms with Gasteiger partial charge in [0.25, 0.3) is 0 Å². The average Bonchev–Trinajstić information content (AvgIpc) is 2.37. The highest BCUT2D eigenvalue weighted by atomic mass is 16.5. The Morgan fingerprint density at radius 3 is 2.47 bits per heavy atom.